The van der Waals surface area contributed by atoms with Gasteiger partial charge in [-0.15, -0.1) is 0 Å². The molecule has 0 radical (unpaired) electrons. The Balaban J connectivity index is 2.10. The van der Waals surface area contributed by atoms with Gasteiger partial charge in [-0.25, -0.2) is 8.42 Å². The fourth-order valence-corrected chi connectivity index (χ4v) is 3.11. The number of rotatable bonds is 5. The molecule has 1 fully saturated rings. The monoisotopic (exact) mass is 323 g/mol. The largest absolute Gasteiger partial charge is 0.502 e. The normalized spacial score (nSPS) is 19.7. The van der Waals surface area contributed by atoms with Crippen LogP contribution in [-0.2, 0) is 9.84 Å². The van der Waals surface area contributed by atoms with Crippen molar-refractivity contribution in [3.63, 3.8) is 0 Å². The number of ether oxygens (including phenoxy) is 1. The van der Waals surface area contributed by atoms with Gasteiger partial charge < -0.3 is 10.1 Å². The molecule has 0 spiro atoms. The van der Waals surface area contributed by atoms with E-state index in [1.54, 1.807) is 0 Å². The van der Waals surface area contributed by atoms with Crippen LogP contribution in [-0.4, -0.2) is 33.6 Å². The standard InChI is InChI=1S/C13H16F3NO3S/c14-13(15,16)21(18,19)12-4-2-1-3-11(12)20-8-6-10-5-7-17-9-10/h1-4,10,17H,5-9H2. The highest BCUT2D eigenvalue weighted by Crippen LogP contribution is 2.35. The predicted octanol–water partition coefficient (Wildman–Crippen LogP) is 2.36. The fourth-order valence-electron chi connectivity index (χ4n) is 2.21. The van der Waals surface area contributed by atoms with Gasteiger partial charge in [0.1, 0.15) is 10.6 Å². The van der Waals surface area contributed by atoms with E-state index in [9.17, 15) is 21.6 Å². The van der Waals surface area contributed by atoms with Crippen LogP contribution in [0.4, 0.5) is 13.2 Å². The second kappa shape index (κ2) is 6.23. The van der Waals surface area contributed by atoms with Crippen molar-refractivity contribution in [1.82, 2.24) is 5.32 Å². The first kappa shape index (κ1) is 16.1. The molecule has 1 aliphatic heterocycles. The highest BCUT2D eigenvalue weighted by atomic mass is 32.2. The molecule has 1 unspecified atom stereocenters. The molecule has 1 atom stereocenters. The summed E-state index contributed by atoms with van der Waals surface area (Å²) in [6.07, 6.45) is 1.67. The number of nitrogens with one attached hydrogen (secondary N) is 1. The van der Waals surface area contributed by atoms with Gasteiger partial charge in [-0.3, -0.25) is 0 Å². The topological polar surface area (TPSA) is 55.4 Å². The second-order valence-electron chi connectivity index (χ2n) is 4.89. The minimum Gasteiger partial charge on any atom is -0.492 e. The van der Waals surface area contributed by atoms with Gasteiger partial charge in [0, 0.05) is 0 Å². The van der Waals surface area contributed by atoms with Crippen molar-refractivity contribution < 1.29 is 26.3 Å². The van der Waals surface area contributed by atoms with Crippen LogP contribution < -0.4 is 10.1 Å². The smallest absolute Gasteiger partial charge is 0.492 e. The van der Waals surface area contributed by atoms with Crippen molar-refractivity contribution in [2.45, 2.75) is 23.2 Å². The number of halogens is 3. The number of sulfone groups is 1. The first-order valence-electron chi connectivity index (χ1n) is 6.56. The van der Waals surface area contributed by atoms with E-state index in [2.05, 4.69) is 5.32 Å². The second-order valence-corrected chi connectivity index (χ2v) is 6.80. The lowest BCUT2D eigenvalue weighted by molar-refractivity contribution is -0.0437. The van der Waals surface area contributed by atoms with E-state index >= 15 is 0 Å². The number of hydrogen-bond donors (Lipinski definition) is 1. The van der Waals surface area contributed by atoms with Crippen LogP contribution in [0.2, 0.25) is 0 Å². The maximum Gasteiger partial charge on any atom is 0.502 e. The Bertz CT molecular complexity index is 581. The van der Waals surface area contributed by atoms with Gasteiger partial charge in [0.25, 0.3) is 9.84 Å². The minimum atomic E-state index is -5.39. The third-order valence-electron chi connectivity index (χ3n) is 3.39. The molecule has 0 aromatic heterocycles. The molecule has 21 heavy (non-hydrogen) atoms. The average molecular weight is 323 g/mol. The van der Waals surface area contributed by atoms with Gasteiger partial charge >= 0.3 is 5.51 Å². The number of para-hydroxylation sites is 1. The Labute approximate surface area is 121 Å². The minimum absolute atomic E-state index is 0.191. The summed E-state index contributed by atoms with van der Waals surface area (Å²) >= 11 is 0. The van der Waals surface area contributed by atoms with Gasteiger partial charge in [-0.2, -0.15) is 13.2 Å². The lowest BCUT2D eigenvalue weighted by Gasteiger charge is -2.14. The van der Waals surface area contributed by atoms with E-state index in [1.165, 1.54) is 18.2 Å². The molecule has 0 aliphatic carbocycles. The van der Waals surface area contributed by atoms with Crippen LogP contribution in [0.25, 0.3) is 0 Å². The molecule has 118 valence electrons. The van der Waals surface area contributed by atoms with Crippen LogP contribution >= 0.6 is 0 Å². The molecule has 1 heterocycles. The maximum atomic E-state index is 12.6. The van der Waals surface area contributed by atoms with Crippen molar-refractivity contribution in [3.05, 3.63) is 24.3 Å². The van der Waals surface area contributed by atoms with Gasteiger partial charge in [-0.05, 0) is 44.0 Å². The molecular formula is C13H16F3NO3S. The molecule has 1 aromatic carbocycles. The van der Waals surface area contributed by atoms with Gasteiger partial charge in [-0.1, -0.05) is 12.1 Å². The van der Waals surface area contributed by atoms with Crippen molar-refractivity contribution in [3.8, 4) is 5.75 Å². The molecule has 0 saturated carbocycles. The lowest BCUT2D eigenvalue weighted by Crippen LogP contribution is -2.24. The van der Waals surface area contributed by atoms with Crippen molar-refractivity contribution in [2.75, 3.05) is 19.7 Å². The Morgan fingerprint density at radius 3 is 2.62 bits per heavy atom. The molecular weight excluding hydrogens is 307 g/mol. The molecule has 1 N–H and O–H groups in total. The summed E-state index contributed by atoms with van der Waals surface area (Å²) in [7, 11) is -5.39. The average Bonchev–Trinajstić information content (AvgIpc) is 2.91. The Morgan fingerprint density at radius 2 is 2.00 bits per heavy atom. The van der Waals surface area contributed by atoms with E-state index < -0.39 is 20.2 Å². The van der Waals surface area contributed by atoms with Crippen LogP contribution in [0.3, 0.4) is 0 Å². The molecule has 4 nitrogen and oxygen atoms in total. The number of hydrogen-bond acceptors (Lipinski definition) is 4. The zero-order valence-electron chi connectivity index (χ0n) is 11.2. The summed E-state index contributed by atoms with van der Waals surface area (Å²) in [5.74, 6) is 0.164. The van der Waals surface area contributed by atoms with Crippen molar-refractivity contribution in [2.24, 2.45) is 5.92 Å². The molecule has 8 heteroatoms. The Morgan fingerprint density at radius 1 is 1.29 bits per heavy atom. The Kier molecular flexibility index (Phi) is 4.77. The first-order valence-corrected chi connectivity index (χ1v) is 8.04. The molecule has 1 aliphatic rings. The van der Waals surface area contributed by atoms with Crippen LogP contribution in [0.5, 0.6) is 5.75 Å². The molecule has 2 rings (SSSR count). The third-order valence-corrected chi connectivity index (χ3v) is 4.92. The third kappa shape index (κ3) is 3.68. The van der Waals surface area contributed by atoms with E-state index in [4.69, 9.17) is 4.74 Å². The van der Waals surface area contributed by atoms with E-state index in [0.29, 0.717) is 12.3 Å². The quantitative estimate of drug-likeness (QED) is 0.904. The van der Waals surface area contributed by atoms with Crippen LogP contribution in [0, 0.1) is 5.92 Å². The molecule has 1 saturated heterocycles. The molecule has 0 bridgehead atoms. The zero-order chi connectivity index (χ0) is 15.5. The van der Waals surface area contributed by atoms with E-state index in [0.717, 1.165) is 25.6 Å². The number of benzene rings is 1. The van der Waals surface area contributed by atoms with Gasteiger partial charge in [0.2, 0.25) is 0 Å². The fraction of sp³-hybridized carbons (Fsp3) is 0.538. The predicted molar refractivity (Wildman–Crippen MR) is 70.8 cm³/mol. The lowest BCUT2D eigenvalue weighted by atomic mass is 10.1. The first-order chi connectivity index (χ1) is 9.82. The summed E-state index contributed by atoms with van der Waals surface area (Å²) < 4.78 is 66.1. The summed E-state index contributed by atoms with van der Waals surface area (Å²) in [5, 5.41) is 3.18. The Hall–Kier alpha value is -1.28. The van der Waals surface area contributed by atoms with Gasteiger partial charge in [0.05, 0.1) is 6.61 Å². The van der Waals surface area contributed by atoms with Gasteiger partial charge in [0.15, 0.2) is 0 Å². The SMILES string of the molecule is O=S(=O)(c1ccccc1OCCC1CCNC1)C(F)(F)F. The maximum absolute atomic E-state index is 12.6. The highest BCUT2D eigenvalue weighted by Gasteiger charge is 2.48. The van der Waals surface area contributed by atoms with E-state index in [-0.39, 0.29) is 12.4 Å². The van der Waals surface area contributed by atoms with Crippen molar-refractivity contribution >= 4 is 9.84 Å². The summed E-state index contributed by atoms with van der Waals surface area (Å²) in [4.78, 5) is -0.831. The highest BCUT2D eigenvalue weighted by molar-refractivity contribution is 7.92. The summed E-state index contributed by atoms with van der Waals surface area (Å²) in [6, 6.07) is 4.84. The number of alkyl halides is 3. The molecule has 1 aromatic rings. The summed E-state index contributed by atoms with van der Waals surface area (Å²) in [6.45, 7) is 1.96. The van der Waals surface area contributed by atoms with Crippen LogP contribution in [0.15, 0.2) is 29.2 Å². The zero-order valence-corrected chi connectivity index (χ0v) is 12.0. The van der Waals surface area contributed by atoms with Crippen LogP contribution in [0.1, 0.15) is 12.8 Å². The molecule has 0 amide bonds. The van der Waals surface area contributed by atoms with E-state index in [1.807, 2.05) is 0 Å². The van der Waals surface area contributed by atoms with Crippen molar-refractivity contribution in [1.29, 1.82) is 0 Å². The summed E-state index contributed by atoms with van der Waals surface area (Å²) in [5.41, 5.74) is -5.33.